The second-order valence-corrected chi connectivity index (χ2v) is 7.89. The van der Waals surface area contributed by atoms with Gasteiger partial charge < -0.3 is 14.6 Å². The van der Waals surface area contributed by atoms with Crippen LogP contribution in [0.4, 0.5) is 0 Å². The van der Waals surface area contributed by atoms with Crippen LogP contribution in [0.25, 0.3) is 11.0 Å². The number of carbonyl (C=O) groups is 1. The Morgan fingerprint density at radius 1 is 0.935 bits per heavy atom. The molecule has 1 amide bonds. The Labute approximate surface area is 190 Å². The summed E-state index contributed by atoms with van der Waals surface area (Å²) in [6.07, 6.45) is 0.793. The van der Waals surface area contributed by atoms with Crippen molar-refractivity contribution in [2.75, 3.05) is 6.61 Å². The molecule has 0 bridgehead atoms. The second kappa shape index (κ2) is 9.86. The van der Waals surface area contributed by atoms with E-state index < -0.39 is 0 Å². The quantitative estimate of drug-likeness (QED) is 0.346. The maximum Gasteiger partial charge on any atom is 0.251 e. The number of ether oxygens (including phenoxy) is 1. The molecule has 7 heteroatoms. The lowest BCUT2D eigenvalue weighted by Gasteiger charge is -2.11. The number of imidazole rings is 1. The standard InChI is InChI=1S/C24H21Cl2N3O2/c25-18-8-6-17(7-9-18)24(30)27-16-23-28-21-4-1-2-5-22(21)29(23)14-3-15-31-20-12-10-19(26)11-13-20/h1-2,4-13H,3,14-16H2,(H,27,30). The van der Waals surface area contributed by atoms with E-state index in [0.717, 1.165) is 35.6 Å². The average molecular weight is 454 g/mol. The van der Waals surface area contributed by atoms with E-state index in [2.05, 4.69) is 9.88 Å². The summed E-state index contributed by atoms with van der Waals surface area (Å²) in [5, 5.41) is 4.23. The first-order valence-electron chi connectivity index (χ1n) is 9.96. The molecule has 0 fully saturated rings. The molecule has 0 aliphatic heterocycles. The van der Waals surface area contributed by atoms with Gasteiger partial charge in [-0.2, -0.15) is 0 Å². The Morgan fingerprint density at radius 3 is 2.35 bits per heavy atom. The SMILES string of the molecule is O=C(NCc1nc2ccccc2n1CCCOc1ccc(Cl)cc1)c1ccc(Cl)cc1. The van der Waals surface area contributed by atoms with Gasteiger partial charge in [-0.15, -0.1) is 0 Å². The minimum Gasteiger partial charge on any atom is -0.494 e. The molecule has 5 nitrogen and oxygen atoms in total. The molecule has 0 aliphatic carbocycles. The maximum absolute atomic E-state index is 12.5. The summed E-state index contributed by atoms with van der Waals surface area (Å²) < 4.78 is 7.93. The van der Waals surface area contributed by atoms with E-state index in [9.17, 15) is 4.79 Å². The third-order valence-electron chi connectivity index (χ3n) is 4.86. The first kappa shape index (κ1) is 21.2. The van der Waals surface area contributed by atoms with Gasteiger partial charge in [-0.1, -0.05) is 35.3 Å². The van der Waals surface area contributed by atoms with Crippen LogP contribution in [0.15, 0.2) is 72.8 Å². The van der Waals surface area contributed by atoms with E-state index in [-0.39, 0.29) is 5.91 Å². The normalized spacial score (nSPS) is 10.9. The van der Waals surface area contributed by atoms with E-state index in [0.29, 0.717) is 28.8 Å². The summed E-state index contributed by atoms with van der Waals surface area (Å²) in [7, 11) is 0. The van der Waals surface area contributed by atoms with Gasteiger partial charge in [0.2, 0.25) is 0 Å². The summed E-state index contributed by atoms with van der Waals surface area (Å²) in [5.74, 6) is 1.42. The van der Waals surface area contributed by atoms with Crippen LogP contribution in [0.3, 0.4) is 0 Å². The van der Waals surface area contributed by atoms with Crippen LogP contribution in [-0.2, 0) is 13.1 Å². The van der Waals surface area contributed by atoms with Crippen molar-refractivity contribution in [1.82, 2.24) is 14.9 Å². The summed E-state index contributed by atoms with van der Waals surface area (Å²) in [6.45, 7) is 1.61. The number of amides is 1. The number of hydrogen-bond donors (Lipinski definition) is 1. The molecule has 0 radical (unpaired) electrons. The number of aryl methyl sites for hydroxylation is 1. The number of nitrogens with zero attached hydrogens (tertiary/aromatic N) is 2. The first-order chi connectivity index (χ1) is 15.1. The molecular weight excluding hydrogens is 433 g/mol. The van der Waals surface area contributed by atoms with Crippen molar-refractivity contribution in [3.05, 3.63) is 94.2 Å². The predicted molar refractivity (Wildman–Crippen MR) is 124 cm³/mol. The molecule has 0 atom stereocenters. The van der Waals surface area contributed by atoms with Gasteiger partial charge in [0, 0.05) is 22.2 Å². The van der Waals surface area contributed by atoms with Crippen LogP contribution in [0.2, 0.25) is 10.0 Å². The van der Waals surface area contributed by atoms with Crippen molar-refractivity contribution in [3.63, 3.8) is 0 Å². The largest absolute Gasteiger partial charge is 0.494 e. The number of aromatic nitrogens is 2. The van der Waals surface area contributed by atoms with Gasteiger partial charge in [-0.3, -0.25) is 4.79 Å². The van der Waals surface area contributed by atoms with Gasteiger partial charge >= 0.3 is 0 Å². The Balaban J connectivity index is 1.42. The fourth-order valence-electron chi connectivity index (χ4n) is 3.32. The van der Waals surface area contributed by atoms with E-state index in [4.69, 9.17) is 32.9 Å². The number of halogens is 2. The number of nitrogens with one attached hydrogen (secondary N) is 1. The number of rotatable bonds is 8. The van der Waals surface area contributed by atoms with Gasteiger partial charge in [-0.25, -0.2) is 4.98 Å². The van der Waals surface area contributed by atoms with Gasteiger partial charge in [0.05, 0.1) is 24.2 Å². The smallest absolute Gasteiger partial charge is 0.251 e. The Kier molecular flexibility index (Phi) is 6.75. The molecular formula is C24H21Cl2N3O2. The van der Waals surface area contributed by atoms with E-state index in [1.807, 2.05) is 48.5 Å². The Hall–Kier alpha value is -3.02. The predicted octanol–water partition coefficient (Wildman–Crippen LogP) is 5.74. The Morgan fingerprint density at radius 2 is 1.61 bits per heavy atom. The summed E-state index contributed by atoms with van der Waals surface area (Å²) in [4.78, 5) is 17.2. The highest BCUT2D eigenvalue weighted by molar-refractivity contribution is 6.30. The van der Waals surface area contributed by atoms with Crippen LogP contribution in [0.1, 0.15) is 22.6 Å². The molecule has 0 saturated carbocycles. The van der Waals surface area contributed by atoms with Crippen LogP contribution < -0.4 is 10.1 Å². The molecule has 4 rings (SSSR count). The van der Waals surface area contributed by atoms with Crippen molar-refractivity contribution in [2.45, 2.75) is 19.5 Å². The molecule has 1 heterocycles. The van der Waals surface area contributed by atoms with Crippen molar-refractivity contribution in [3.8, 4) is 5.75 Å². The van der Waals surface area contributed by atoms with Gasteiger partial charge in [-0.05, 0) is 67.1 Å². The van der Waals surface area contributed by atoms with Crippen molar-refractivity contribution < 1.29 is 9.53 Å². The molecule has 0 unspecified atom stereocenters. The minimum absolute atomic E-state index is 0.165. The zero-order chi connectivity index (χ0) is 21.6. The van der Waals surface area contributed by atoms with Gasteiger partial charge in [0.25, 0.3) is 5.91 Å². The minimum atomic E-state index is -0.165. The van der Waals surface area contributed by atoms with Crippen LogP contribution >= 0.6 is 23.2 Å². The van der Waals surface area contributed by atoms with Crippen LogP contribution in [0.5, 0.6) is 5.75 Å². The Bertz CT molecular complexity index is 1170. The second-order valence-electron chi connectivity index (χ2n) is 7.01. The molecule has 0 saturated heterocycles. The summed E-state index contributed by atoms with van der Waals surface area (Å²) in [5.41, 5.74) is 2.49. The molecule has 3 aromatic carbocycles. The summed E-state index contributed by atoms with van der Waals surface area (Å²) >= 11 is 11.8. The van der Waals surface area contributed by atoms with E-state index in [1.54, 1.807) is 24.3 Å². The molecule has 158 valence electrons. The third-order valence-corrected chi connectivity index (χ3v) is 5.36. The highest BCUT2D eigenvalue weighted by Gasteiger charge is 2.12. The van der Waals surface area contributed by atoms with Crippen molar-refractivity contribution in [1.29, 1.82) is 0 Å². The monoisotopic (exact) mass is 453 g/mol. The van der Waals surface area contributed by atoms with E-state index in [1.165, 1.54) is 0 Å². The summed E-state index contributed by atoms with van der Waals surface area (Å²) in [6, 6.07) is 22.1. The van der Waals surface area contributed by atoms with Gasteiger partial charge in [0.1, 0.15) is 11.6 Å². The fourth-order valence-corrected chi connectivity index (χ4v) is 3.57. The van der Waals surface area contributed by atoms with Crippen molar-refractivity contribution >= 4 is 40.1 Å². The van der Waals surface area contributed by atoms with E-state index >= 15 is 0 Å². The van der Waals surface area contributed by atoms with Crippen molar-refractivity contribution in [2.24, 2.45) is 0 Å². The zero-order valence-corrected chi connectivity index (χ0v) is 18.2. The lowest BCUT2D eigenvalue weighted by molar-refractivity contribution is 0.0949. The topological polar surface area (TPSA) is 56.2 Å². The maximum atomic E-state index is 12.5. The molecule has 31 heavy (non-hydrogen) atoms. The highest BCUT2D eigenvalue weighted by Crippen LogP contribution is 2.18. The average Bonchev–Trinajstić information content (AvgIpc) is 3.14. The number of benzene rings is 3. The molecule has 1 aromatic heterocycles. The number of para-hydroxylation sites is 2. The lowest BCUT2D eigenvalue weighted by Crippen LogP contribution is -2.25. The number of fused-ring (bicyclic) bond motifs is 1. The molecule has 1 N–H and O–H groups in total. The van der Waals surface area contributed by atoms with Crippen LogP contribution in [0, 0.1) is 0 Å². The molecule has 0 spiro atoms. The fraction of sp³-hybridized carbons (Fsp3) is 0.167. The number of carbonyl (C=O) groups excluding carboxylic acids is 1. The lowest BCUT2D eigenvalue weighted by atomic mass is 10.2. The van der Waals surface area contributed by atoms with Crippen LogP contribution in [-0.4, -0.2) is 22.1 Å². The van der Waals surface area contributed by atoms with Gasteiger partial charge in [0.15, 0.2) is 0 Å². The molecule has 4 aromatic rings. The third kappa shape index (κ3) is 5.37. The highest BCUT2D eigenvalue weighted by atomic mass is 35.5. The number of hydrogen-bond acceptors (Lipinski definition) is 3. The first-order valence-corrected chi connectivity index (χ1v) is 10.7. The molecule has 0 aliphatic rings. The zero-order valence-electron chi connectivity index (χ0n) is 16.7.